The van der Waals surface area contributed by atoms with Crippen LogP contribution in [0.4, 0.5) is 5.69 Å². The lowest BCUT2D eigenvalue weighted by molar-refractivity contribution is 0.705. The molecule has 1 aliphatic rings. The number of halogens is 2. The molecule has 1 saturated carbocycles. The minimum Gasteiger partial charge on any atom is -0.370 e. The van der Waals surface area contributed by atoms with Gasteiger partial charge in [-0.05, 0) is 55.2 Å². The maximum atomic E-state index is 6.01. The van der Waals surface area contributed by atoms with Gasteiger partial charge in [-0.25, -0.2) is 0 Å². The standard InChI is InChI=1S/C18H20ClN3.HI/c1-13-3-2-4-16(11-13)22-17(20)21-12-18(9-10-18)14-5-7-15(19)8-6-14;/h2-8,11H,9-10,12H2,1H3,(H3,20,21,22);1H. The molecule has 0 heterocycles. The van der Waals surface area contributed by atoms with Crippen molar-refractivity contribution in [3.05, 3.63) is 64.7 Å². The zero-order valence-electron chi connectivity index (χ0n) is 13.1. The Labute approximate surface area is 159 Å². The van der Waals surface area contributed by atoms with Gasteiger partial charge in [0.15, 0.2) is 5.96 Å². The summed E-state index contributed by atoms with van der Waals surface area (Å²) in [5, 5.41) is 3.92. The van der Waals surface area contributed by atoms with Crippen LogP contribution < -0.4 is 11.1 Å². The summed E-state index contributed by atoms with van der Waals surface area (Å²) in [4.78, 5) is 4.53. The fourth-order valence-electron chi connectivity index (χ4n) is 2.64. The summed E-state index contributed by atoms with van der Waals surface area (Å²) in [6, 6.07) is 16.2. The molecule has 1 aliphatic carbocycles. The van der Waals surface area contributed by atoms with Crippen LogP contribution in [0.3, 0.4) is 0 Å². The molecule has 2 aromatic rings. The van der Waals surface area contributed by atoms with Crippen LogP contribution in [0, 0.1) is 6.92 Å². The molecule has 0 spiro atoms. The van der Waals surface area contributed by atoms with E-state index in [4.69, 9.17) is 17.3 Å². The van der Waals surface area contributed by atoms with Crippen molar-refractivity contribution in [2.24, 2.45) is 10.7 Å². The Balaban J connectivity index is 0.00000192. The summed E-state index contributed by atoms with van der Waals surface area (Å²) in [5.41, 5.74) is 9.61. The average Bonchev–Trinajstić information content (AvgIpc) is 3.27. The van der Waals surface area contributed by atoms with E-state index in [0.717, 1.165) is 23.6 Å². The fourth-order valence-corrected chi connectivity index (χ4v) is 2.77. The van der Waals surface area contributed by atoms with E-state index in [2.05, 4.69) is 41.5 Å². The molecule has 0 amide bonds. The molecule has 0 aromatic heterocycles. The molecule has 3 rings (SSSR count). The molecular weight excluding hydrogens is 421 g/mol. The van der Waals surface area contributed by atoms with Gasteiger partial charge in [0.25, 0.3) is 0 Å². The van der Waals surface area contributed by atoms with Crippen LogP contribution >= 0.6 is 35.6 Å². The van der Waals surface area contributed by atoms with Crippen LogP contribution in [0.25, 0.3) is 0 Å². The Morgan fingerprint density at radius 3 is 2.52 bits per heavy atom. The Hall–Kier alpha value is -1.27. The average molecular weight is 442 g/mol. The summed E-state index contributed by atoms with van der Waals surface area (Å²) < 4.78 is 0. The van der Waals surface area contributed by atoms with Crippen LogP contribution in [-0.2, 0) is 5.41 Å². The lowest BCUT2D eigenvalue weighted by atomic mass is 9.96. The highest BCUT2D eigenvalue weighted by Crippen LogP contribution is 2.48. The molecule has 1 fully saturated rings. The second-order valence-electron chi connectivity index (χ2n) is 5.98. The number of nitrogens with two attached hydrogens (primary N) is 1. The highest BCUT2D eigenvalue weighted by Gasteiger charge is 2.44. The maximum Gasteiger partial charge on any atom is 0.193 e. The Bertz CT molecular complexity index is 694. The van der Waals surface area contributed by atoms with Gasteiger partial charge in [0.1, 0.15) is 0 Å². The number of hydrogen-bond donors (Lipinski definition) is 2. The van der Waals surface area contributed by atoms with E-state index >= 15 is 0 Å². The molecule has 0 radical (unpaired) electrons. The van der Waals surface area contributed by atoms with E-state index in [1.807, 2.05) is 24.3 Å². The lowest BCUT2D eigenvalue weighted by Crippen LogP contribution is -2.25. The fraction of sp³-hybridized carbons (Fsp3) is 0.278. The number of aliphatic imine (C=N–C) groups is 1. The van der Waals surface area contributed by atoms with Crippen molar-refractivity contribution in [1.82, 2.24) is 0 Å². The molecule has 0 aliphatic heterocycles. The second kappa shape index (κ2) is 7.53. The maximum absolute atomic E-state index is 6.01. The molecule has 0 unspecified atom stereocenters. The zero-order valence-corrected chi connectivity index (χ0v) is 16.1. The third kappa shape index (κ3) is 4.61. The number of benzene rings is 2. The molecule has 2 aromatic carbocycles. The Morgan fingerprint density at radius 2 is 1.91 bits per heavy atom. The third-order valence-corrected chi connectivity index (χ3v) is 4.40. The lowest BCUT2D eigenvalue weighted by Gasteiger charge is -2.14. The van der Waals surface area contributed by atoms with E-state index in [0.29, 0.717) is 12.5 Å². The number of nitrogens with zero attached hydrogens (tertiary/aromatic N) is 1. The van der Waals surface area contributed by atoms with Crippen molar-refractivity contribution in [2.75, 3.05) is 11.9 Å². The van der Waals surface area contributed by atoms with Crippen molar-refractivity contribution < 1.29 is 0 Å². The highest BCUT2D eigenvalue weighted by molar-refractivity contribution is 14.0. The second-order valence-corrected chi connectivity index (χ2v) is 6.42. The van der Waals surface area contributed by atoms with Crippen molar-refractivity contribution in [3.63, 3.8) is 0 Å². The minimum atomic E-state index is 0. The first-order chi connectivity index (χ1) is 10.6. The number of aryl methyl sites for hydroxylation is 1. The molecule has 3 nitrogen and oxygen atoms in total. The molecule has 0 atom stereocenters. The minimum absolute atomic E-state index is 0. The number of guanidine groups is 1. The van der Waals surface area contributed by atoms with Crippen LogP contribution in [0.15, 0.2) is 53.5 Å². The van der Waals surface area contributed by atoms with Gasteiger partial charge in [0, 0.05) is 16.1 Å². The molecule has 23 heavy (non-hydrogen) atoms. The Morgan fingerprint density at radius 1 is 1.22 bits per heavy atom. The molecule has 5 heteroatoms. The molecule has 0 saturated heterocycles. The normalized spacial score (nSPS) is 15.7. The van der Waals surface area contributed by atoms with Gasteiger partial charge in [0.2, 0.25) is 0 Å². The zero-order chi connectivity index (χ0) is 15.6. The SMILES string of the molecule is Cc1cccc(NC(N)=NCC2(c3ccc(Cl)cc3)CC2)c1.I. The summed E-state index contributed by atoms with van der Waals surface area (Å²) in [6.07, 6.45) is 2.30. The summed E-state index contributed by atoms with van der Waals surface area (Å²) in [5.74, 6) is 0.464. The molecular formula is C18H21ClIN3. The Kier molecular flexibility index (Phi) is 5.92. The number of nitrogens with one attached hydrogen (secondary N) is 1. The van der Waals surface area contributed by atoms with Gasteiger partial charge >= 0.3 is 0 Å². The van der Waals surface area contributed by atoms with Crippen LogP contribution in [0.1, 0.15) is 24.0 Å². The van der Waals surface area contributed by atoms with E-state index in [1.54, 1.807) is 0 Å². The van der Waals surface area contributed by atoms with E-state index in [-0.39, 0.29) is 29.4 Å². The van der Waals surface area contributed by atoms with Crippen molar-refractivity contribution in [3.8, 4) is 0 Å². The first kappa shape index (κ1) is 18.1. The van der Waals surface area contributed by atoms with Crippen LogP contribution in [0.5, 0.6) is 0 Å². The first-order valence-corrected chi connectivity index (χ1v) is 7.85. The smallest absolute Gasteiger partial charge is 0.193 e. The van der Waals surface area contributed by atoms with E-state index < -0.39 is 0 Å². The predicted molar refractivity (Wildman–Crippen MR) is 109 cm³/mol. The third-order valence-electron chi connectivity index (χ3n) is 4.15. The molecule has 122 valence electrons. The number of rotatable bonds is 4. The summed E-state index contributed by atoms with van der Waals surface area (Å²) >= 11 is 5.96. The predicted octanol–water partition coefficient (Wildman–Crippen LogP) is 4.72. The summed E-state index contributed by atoms with van der Waals surface area (Å²) in [7, 11) is 0. The van der Waals surface area contributed by atoms with Gasteiger partial charge in [-0.1, -0.05) is 35.9 Å². The number of anilines is 1. The van der Waals surface area contributed by atoms with Gasteiger partial charge < -0.3 is 11.1 Å². The van der Waals surface area contributed by atoms with Gasteiger partial charge in [-0.3, -0.25) is 4.99 Å². The van der Waals surface area contributed by atoms with Gasteiger partial charge in [-0.2, -0.15) is 0 Å². The summed E-state index contributed by atoms with van der Waals surface area (Å²) in [6.45, 7) is 2.76. The van der Waals surface area contributed by atoms with Gasteiger partial charge in [-0.15, -0.1) is 24.0 Å². The van der Waals surface area contributed by atoms with Crippen LogP contribution in [-0.4, -0.2) is 12.5 Å². The van der Waals surface area contributed by atoms with Crippen LogP contribution in [0.2, 0.25) is 5.02 Å². The highest BCUT2D eigenvalue weighted by atomic mass is 127. The largest absolute Gasteiger partial charge is 0.370 e. The van der Waals surface area contributed by atoms with Gasteiger partial charge in [0.05, 0.1) is 6.54 Å². The quantitative estimate of drug-likeness (QED) is 0.410. The number of hydrogen-bond acceptors (Lipinski definition) is 1. The topological polar surface area (TPSA) is 50.4 Å². The first-order valence-electron chi connectivity index (χ1n) is 7.47. The van der Waals surface area contributed by atoms with Crippen molar-refractivity contribution in [2.45, 2.75) is 25.2 Å². The molecule has 0 bridgehead atoms. The van der Waals surface area contributed by atoms with E-state index in [1.165, 1.54) is 11.1 Å². The van der Waals surface area contributed by atoms with Crippen molar-refractivity contribution >= 4 is 47.2 Å². The monoisotopic (exact) mass is 441 g/mol. The molecule has 3 N–H and O–H groups in total. The van der Waals surface area contributed by atoms with Crippen molar-refractivity contribution in [1.29, 1.82) is 0 Å². The van der Waals surface area contributed by atoms with E-state index in [9.17, 15) is 0 Å².